The van der Waals surface area contributed by atoms with Gasteiger partial charge in [-0.2, -0.15) is 18.3 Å². The highest BCUT2D eigenvalue weighted by molar-refractivity contribution is 5.13. The van der Waals surface area contributed by atoms with Crippen molar-refractivity contribution in [3.8, 4) is 0 Å². The average molecular weight is 338 g/mol. The molecule has 0 saturated carbocycles. The summed E-state index contributed by atoms with van der Waals surface area (Å²) in [4.78, 5) is 11.7. The Morgan fingerprint density at radius 1 is 1.21 bits per heavy atom. The number of hydrogen-bond donors (Lipinski definition) is 0. The van der Waals surface area contributed by atoms with Crippen molar-refractivity contribution in [2.24, 2.45) is 7.05 Å². The molecule has 0 spiro atoms. The molecular weight excluding hydrogens is 325 g/mol. The summed E-state index contributed by atoms with van der Waals surface area (Å²) < 4.78 is 42.0. The molecule has 0 amide bonds. The number of aromatic nitrogens is 6. The average Bonchev–Trinajstić information content (AvgIpc) is 3.09. The first-order valence-corrected chi connectivity index (χ1v) is 6.97. The topological polar surface area (TPSA) is 70.5 Å². The third-order valence-corrected chi connectivity index (χ3v) is 3.41. The molecule has 0 fully saturated rings. The van der Waals surface area contributed by atoms with E-state index in [2.05, 4.69) is 15.4 Å². The predicted octanol–water partition coefficient (Wildman–Crippen LogP) is 1.29. The third-order valence-electron chi connectivity index (χ3n) is 3.41. The Morgan fingerprint density at radius 3 is 2.67 bits per heavy atom. The van der Waals surface area contributed by atoms with E-state index in [-0.39, 0.29) is 18.6 Å². The van der Waals surface area contributed by atoms with Gasteiger partial charge in [0.1, 0.15) is 5.69 Å². The molecule has 0 aromatic carbocycles. The summed E-state index contributed by atoms with van der Waals surface area (Å²) >= 11 is 0. The molecule has 0 radical (unpaired) electrons. The minimum Gasteiger partial charge on any atom is -0.309 e. The van der Waals surface area contributed by atoms with Crippen molar-refractivity contribution in [3.63, 3.8) is 0 Å². The van der Waals surface area contributed by atoms with E-state index in [0.29, 0.717) is 11.4 Å². The molecular formula is C14H13F3N6O. The molecule has 0 bridgehead atoms. The first-order chi connectivity index (χ1) is 11.3. The van der Waals surface area contributed by atoms with Crippen LogP contribution in [-0.4, -0.2) is 29.3 Å². The van der Waals surface area contributed by atoms with Gasteiger partial charge in [-0.25, -0.2) is 4.68 Å². The molecule has 10 heteroatoms. The van der Waals surface area contributed by atoms with Crippen LogP contribution in [-0.2, 0) is 26.3 Å². The zero-order chi connectivity index (χ0) is 17.3. The fourth-order valence-corrected chi connectivity index (χ4v) is 2.21. The standard InChI is InChI=1S/C14H13F3N6O/c1-21-11(6-12(19-21)14(15,16)17)9-23-8-10(18-20-23)7-22-5-3-2-4-13(22)24/h2-6,8H,7,9H2,1H3. The van der Waals surface area contributed by atoms with Gasteiger partial charge >= 0.3 is 6.18 Å². The van der Waals surface area contributed by atoms with Gasteiger partial charge in [-0.1, -0.05) is 11.3 Å². The largest absolute Gasteiger partial charge is 0.435 e. The van der Waals surface area contributed by atoms with E-state index in [4.69, 9.17) is 0 Å². The highest BCUT2D eigenvalue weighted by Crippen LogP contribution is 2.28. The van der Waals surface area contributed by atoms with Crippen LogP contribution in [0.2, 0.25) is 0 Å². The molecule has 126 valence electrons. The molecule has 3 heterocycles. The lowest BCUT2D eigenvalue weighted by molar-refractivity contribution is -0.141. The van der Waals surface area contributed by atoms with Crippen LogP contribution in [0, 0.1) is 0 Å². The van der Waals surface area contributed by atoms with Gasteiger partial charge in [-0.05, 0) is 12.1 Å². The van der Waals surface area contributed by atoms with E-state index in [0.717, 1.165) is 10.7 Å². The van der Waals surface area contributed by atoms with Gasteiger partial charge in [0.2, 0.25) is 0 Å². The lowest BCUT2D eigenvalue weighted by atomic mass is 10.3. The van der Waals surface area contributed by atoms with E-state index in [1.165, 1.54) is 22.4 Å². The van der Waals surface area contributed by atoms with Gasteiger partial charge in [0.05, 0.1) is 25.0 Å². The molecule has 0 N–H and O–H groups in total. The van der Waals surface area contributed by atoms with Crippen LogP contribution in [0.3, 0.4) is 0 Å². The molecule has 3 aromatic rings. The monoisotopic (exact) mass is 338 g/mol. The van der Waals surface area contributed by atoms with Crippen molar-refractivity contribution in [3.05, 3.63) is 64.1 Å². The van der Waals surface area contributed by atoms with Crippen molar-refractivity contribution < 1.29 is 13.2 Å². The SMILES string of the molecule is Cn1nc(C(F)(F)F)cc1Cn1cc(Cn2ccccc2=O)nn1. The van der Waals surface area contributed by atoms with E-state index >= 15 is 0 Å². The summed E-state index contributed by atoms with van der Waals surface area (Å²) in [7, 11) is 1.44. The quantitative estimate of drug-likeness (QED) is 0.719. The first kappa shape index (κ1) is 16.0. The third kappa shape index (κ3) is 3.36. The van der Waals surface area contributed by atoms with Gasteiger partial charge in [-0.15, -0.1) is 5.10 Å². The van der Waals surface area contributed by atoms with Crippen molar-refractivity contribution in [2.75, 3.05) is 0 Å². The molecule has 3 aromatic heterocycles. The smallest absolute Gasteiger partial charge is 0.309 e. The van der Waals surface area contributed by atoms with Crippen LogP contribution in [0.25, 0.3) is 0 Å². The zero-order valence-electron chi connectivity index (χ0n) is 12.6. The molecule has 3 rings (SSSR count). The molecule has 24 heavy (non-hydrogen) atoms. The Labute approximate surface area is 133 Å². The van der Waals surface area contributed by atoms with Crippen molar-refractivity contribution in [1.29, 1.82) is 0 Å². The number of rotatable bonds is 4. The first-order valence-electron chi connectivity index (χ1n) is 6.97. The van der Waals surface area contributed by atoms with Crippen LogP contribution in [0.4, 0.5) is 13.2 Å². The predicted molar refractivity (Wildman–Crippen MR) is 77.1 cm³/mol. The van der Waals surface area contributed by atoms with Crippen molar-refractivity contribution >= 4 is 0 Å². The van der Waals surface area contributed by atoms with E-state index in [9.17, 15) is 18.0 Å². The fourth-order valence-electron chi connectivity index (χ4n) is 2.21. The highest BCUT2D eigenvalue weighted by Gasteiger charge is 2.34. The minimum atomic E-state index is -4.49. The molecule has 0 unspecified atom stereocenters. The van der Waals surface area contributed by atoms with Gasteiger partial charge in [0.25, 0.3) is 5.56 Å². The van der Waals surface area contributed by atoms with Gasteiger partial charge in [0.15, 0.2) is 5.69 Å². The molecule has 0 aliphatic rings. The number of nitrogens with zero attached hydrogens (tertiary/aromatic N) is 6. The maximum absolute atomic E-state index is 12.7. The molecule has 0 aliphatic heterocycles. The Balaban J connectivity index is 1.76. The van der Waals surface area contributed by atoms with Crippen LogP contribution >= 0.6 is 0 Å². The van der Waals surface area contributed by atoms with Crippen molar-refractivity contribution in [2.45, 2.75) is 19.3 Å². The molecule has 0 atom stereocenters. The summed E-state index contributed by atoms with van der Waals surface area (Å²) in [6.07, 6.45) is -1.28. The number of aryl methyl sites for hydroxylation is 1. The Bertz CT molecular complexity index is 908. The van der Waals surface area contributed by atoms with Crippen LogP contribution < -0.4 is 5.56 Å². The molecule has 7 nitrogen and oxygen atoms in total. The Morgan fingerprint density at radius 2 is 2.00 bits per heavy atom. The fraction of sp³-hybridized carbons (Fsp3) is 0.286. The van der Waals surface area contributed by atoms with Gasteiger partial charge in [0, 0.05) is 19.3 Å². The summed E-state index contributed by atoms with van der Waals surface area (Å²) in [5.41, 5.74) is -0.248. The molecule has 0 saturated heterocycles. The van der Waals surface area contributed by atoms with E-state index < -0.39 is 11.9 Å². The van der Waals surface area contributed by atoms with Crippen LogP contribution in [0.5, 0.6) is 0 Å². The summed E-state index contributed by atoms with van der Waals surface area (Å²) in [5.74, 6) is 0. The van der Waals surface area contributed by atoms with Crippen molar-refractivity contribution in [1.82, 2.24) is 29.3 Å². The van der Waals surface area contributed by atoms with E-state index in [1.807, 2.05) is 0 Å². The lowest BCUT2D eigenvalue weighted by Crippen LogP contribution is -2.18. The summed E-state index contributed by atoms with van der Waals surface area (Å²) in [6.45, 7) is 0.329. The Hall–Kier alpha value is -2.91. The maximum Gasteiger partial charge on any atom is 0.435 e. The number of pyridine rings is 1. The second kappa shape index (κ2) is 5.95. The summed E-state index contributed by atoms with van der Waals surface area (Å²) in [5, 5.41) is 11.3. The summed E-state index contributed by atoms with van der Waals surface area (Å²) in [6, 6.07) is 5.76. The lowest BCUT2D eigenvalue weighted by Gasteiger charge is -2.01. The van der Waals surface area contributed by atoms with Gasteiger partial charge < -0.3 is 4.57 Å². The van der Waals surface area contributed by atoms with Crippen LogP contribution in [0.1, 0.15) is 17.1 Å². The van der Waals surface area contributed by atoms with E-state index in [1.54, 1.807) is 24.5 Å². The number of hydrogen-bond acceptors (Lipinski definition) is 4. The van der Waals surface area contributed by atoms with Crippen LogP contribution in [0.15, 0.2) is 41.5 Å². The minimum absolute atomic E-state index is 0.0935. The normalized spacial score (nSPS) is 11.8. The van der Waals surface area contributed by atoms with Gasteiger partial charge in [-0.3, -0.25) is 9.48 Å². The Kier molecular flexibility index (Phi) is 3.96. The second-order valence-corrected chi connectivity index (χ2v) is 5.22. The maximum atomic E-state index is 12.7. The zero-order valence-corrected chi connectivity index (χ0v) is 12.6. The number of halogens is 3. The highest BCUT2D eigenvalue weighted by atomic mass is 19.4. The number of alkyl halides is 3. The second-order valence-electron chi connectivity index (χ2n) is 5.22. The molecule has 0 aliphatic carbocycles.